The summed E-state index contributed by atoms with van der Waals surface area (Å²) < 4.78 is 0. The molecule has 0 bridgehead atoms. The van der Waals surface area contributed by atoms with E-state index in [1.807, 2.05) is 0 Å². The van der Waals surface area contributed by atoms with E-state index in [0.29, 0.717) is 22.8 Å². The topological polar surface area (TPSA) is 39.3 Å². The average molecular weight is 296 g/mol. The van der Waals surface area contributed by atoms with Crippen LogP contribution in [0.1, 0.15) is 43.1 Å². The first kappa shape index (κ1) is 14.0. The van der Waals surface area contributed by atoms with E-state index in [1.54, 1.807) is 12.3 Å². The molecule has 0 saturated carbocycles. The molecule has 0 radical (unpaired) electrons. The predicted molar refractivity (Wildman–Crippen MR) is 80.1 cm³/mol. The van der Waals surface area contributed by atoms with E-state index in [2.05, 4.69) is 21.7 Å². The molecular weight excluding hydrogens is 274 g/mol. The van der Waals surface area contributed by atoms with Gasteiger partial charge in [-0.05, 0) is 44.8 Å². The van der Waals surface area contributed by atoms with Gasteiger partial charge in [0.25, 0.3) is 5.91 Å². The molecule has 2 atom stereocenters. The molecule has 2 aliphatic heterocycles. The summed E-state index contributed by atoms with van der Waals surface area (Å²) in [4.78, 5) is 20.2. The summed E-state index contributed by atoms with van der Waals surface area (Å²) in [6, 6.07) is 2.63. The van der Waals surface area contributed by atoms with Crippen LogP contribution < -0.4 is 0 Å². The highest BCUT2D eigenvalue weighted by atomic mass is 35.5. The van der Waals surface area contributed by atoms with Crippen molar-refractivity contribution in [3.8, 4) is 0 Å². The minimum absolute atomic E-state index is 0.0994. The molecule has 3 heterocycles. The SMILES string of the molecule is CCN1CCC[C@H]1[C@H]1CCCN1C(=O)c1cc(Cl)c[nH]1. The number of likely N-dealkylation sites (N-methyl/N-ethyl adjacent to an activating group) is 1. The third-order valence-electron chi connectivity index (χ3n) is 4.70. The summed E-state index contributed by atoms with van der Waals surface area (Å²) >= 11 is 5.91. The Balaban J connectivity index is 1.77. The minimum Gasteiger partial charge on any atom is -0.356 e. The molecule has 0 aromatic carbocycles. The first-order valence-corrected chi connectivity index (χ1v) is 7.97. The molecule has 4 nitrogen and oxygen atoms in total. The number of likely N-dealkylation sites (tertiary alicyclic amines) is 2. The summed E-state index contributed by atoms with van der Waals surface area (Å²) in [6.07, 6.45) is 6.38. The van der Waals surface area contributed by atoms with E-state index in [-0.39, 0.29) is 5.91 Å². The van der Waals surface area contributed by atoms with Gasteiger partial charge >= 0.3 is 0 Å². The van der Waals surface area contributed by atoms with Crippen LogP contribution in [0.5, 0.6) is 0 Å². The molecule has 0 spiro atoms. The number of aromatic amines is 1. The minimum atomic E-state index is 0.0994. The Morgan fingerprint density at radius 2 is 2.10 bits per heavy atom. The van der Waals surface area contributed by atoms with Crippen molar-refractivity contribution in [3.63, 3.8) is 0 Å². The maximum Gasteiger partial charge on any atom is 0.270 e. The van der Waals surface area contributed by atoms with Gasteiger partial charge in [0, 0.05) is 24.8 Å². The zero-order valence-corrected chi connectivity index (χ0v) is 12.7. The molecule has 2 fully saturated rings. The van der Waals surface area contributed by atoms with Crippen LogP contribution in [0.3, 0.4) is 0 Å². The van der Waals surface area contributed by atoms with Gasteiger partial charge in [-0.25, -0.2) is 0 Å². The van der Waals surface area contributed by atoms with Gasteiger partial charge in [-0.15, -0.1) is 0 Å². The van der Waals surface area contributed by atoms with Crippen molar-refractivity contribution in [2.24, 2.45) is 0 Å². The summed E-state index contributed by atoms with van der Waals surface area (Å²) in [5.74, 6) is 0.0994. The molecule has 5 heteroatoms. The maximum absolute atomic E-state index is 12.6. The molecule has 1 amide bonds. The molecule has 20 heavy (non-hydrogen) atoms. The Kier molecular flexibility index (Phi) is 4.03. The molecule has 1 aromatic heterocycles. The van der Waals surface area contributed by atoms with E-state index in [9.17, 15) is 4.79 Å². The monoisotopic (exact) mass is 295 g/mol. The molecule has 0 unspecified atom stereocenters. The van der Waals surface area contributed by atoms with Crippen LogP contribution in [-0.4, -0.2) is 52.4 Å². The van der Waals surface area contributed by atoms with E-state index >= 15 is 0 Å². The largest absolute Gasteiger partial charge is 0.356 e. The fourth-order valence-corrected chi connectivity index (χ4v) is 3.93. The first-order chi connectivity index (χ1) is 9.70. The van der Waals surface area contributed by atoms with Crippen LogP contribution in [0.4, 0.5) is 0 Å². The van der Waals surface area contributed by atoms with Crippen LogP contribution in [0, 0.1) is 0 Å². The third-order valence-corrected chi connectivity index (χ3v) is 4.92. The fraction of sp³-hybridized carbons (Fsp3) is 0.667. The highest BCUT2D eigenvalue weighted by Gasteiger charge is 2.39. The van der Waals surface area contributed by atoms with Gasteiger partial charge in [-0.1, -0.05) is 18.5 Å². The Hall–Kier alpha value is -1.00. The normalized spacial score (nSPS) is 27.4. The Bertz CT molecular complexity index is 487. The van der Waals surface area contributed by atoms with Crippen LogP contribution in [0.15, 0.2) is 12.3 Å². The van der Waals surface area contributed by atoms with E-state index in [0.717, 1.165) is 25.9 Å². The lowest BCUT2D eigenvalue weighted by atomic mass is 10.0. The van der Waals surface area contributed by atoms with Gasteiger partial charge in [-0.3, -0.25) is 9.69 Å². The quantitative estimate of drug-likeness (QED) is 0.931. The van der Waals surface area contributed by atoms with Gasteiger partial charge in [0.05, 0.1) is 5.02 Å². The Morgan fingerprint density at radius 3 is 2.80 bits per heavy atom. The van der Waals surface area contributed by atoms with Crippen LogP contribution >= 0.6 is 11.6 Å². The number of amides is 1. The zero-order chi connectivity index (χ0) is 14.1. The van der Waals surface area contributed by atoms with Crippen molar-refractivity contribution in [1.29, 1.82) is 0 Å². The van der Waals surface area contributed by atoms with Crippen molar-refractivity contribution < 1.29 is 4.79 Å². The number of carbonyl (C=O) groups excluding carboxylic acids is 1. The number of nitrogens with zero attached hydrogens (tertiary/aromatic N) is 2. The van der Waals surface area contributed by atoms with Crippen molar-refractivity contribution in [1.82, 2.24) is 14.8 Å². The summed E-state index contributed by atoms with van der Waals surface area (Å²) in [7, 11) is 0. The number of halogens is 1. The first-order valence-electron chi connectivity index (χ1n) is 7.59. The Morgan fingerprint density at radius 1 is 1.35 bits per heavy atom. The van der Waals surface area contributed by atoms with Gasteiger partial charge in [0.2, 0.25) is 0 Å². The molecule has 2 saturated heterocycles. The highest BCUT2D eigenvalue weighted by molar-refractivity contribution is 6.30. The number of aromatic nitrogens is 1. The molecule has 3 rings (SSSR count). The van der Waals surface area contributed by atoms with Gasteiger partial charge in [0.15, 0.2) is 0 Å². The van der Waals surface area contributed by atoms with Crippen LogP contribution in [0.2, 0.25) is 5.02 Å². The summed E-state index contributed by atoms with van der Waals surface area (Å²) in [5, 5.41) is 0.597. The number of nitrogens with one attached hydrogen (secondary N) is 1. The van der Waals surface area contributed by atoms with Gasteiger partial charge in [-0.2, -0.15) is 0 Å². The summed E-state index contributed by atoms with van der Waals surface area (Å²) in [5.41, 5.74) is 0.614. The van der Waals surface area contributed by atoms with Crippen molar-refractivity contribution in [3.05, 3.63) is 23.0 Å². The molecule has 110 valence electrons. The predicted octanol–water partition coefficient (Wildman–Crippen LogP) is 2.76. The van der Waals surface area contributed by atoms with E-state index in [1.165, 1.54) is 19.4 Å². The lowest BCUT2D eigenvalue weighted by Crippen LogP contribution is -2.48. The molecule has 1 N–H and O–H groups in total. The second kappa shape index (κ2) is 5.78. The number of hydrogen-bond acceptors (Lipinski definition) is 2. The smallest absolute Gasteiger partial charge is 0.270 e. The molecule has 0 aliphatic carbocycles. The highest BCUT2D eigenvalue weighted by Crippen LogP contribution is 2.30. The third kappa shape index (κ3) is 2.47. The van der Waals surface area contributed by atoms with Crippen molar-refractivity contribution in [2.45, 2.75) is 44.7 Å². The zero-order valence-electron chi connectivity index (χ0n) is 11.9. The average Bonchev–Trinajstić information content (AvgIpc) is 3.16. The second-order valence-corrected chi connectivity index (χ2v) is 6.21. The standard InChI is InChI=1S/C15H22ClN3O/c1-2-18-7-3-5-13(18)14-6-4-8-19(14)15(20)12-9-11(16)10-17-12/h9-10,13-14,17H,2-8H2,1H3/t13-,14+/m0/s1. The van der Waals surface area contributed by atoms with Crippen LogP contribution in [0.25, 0.3) is 0 Å². The maximum atomic E-state index is 12.6. The fourth-order valence-electron chi connectivity index (χ4n) is 3.77. The van der Waals surface area contributed by atoms with Gasteiger partial charge in [0.1, 0.15) is 5.69 Å². The van der Waals surface area contributed by atoms with E-state index < -0.39 is 0 Å². The molecular formula is C15H22ClN3O. The number of carbonyl (C=O) groups is 1. The number of H-pyrrole nitrogens is 1. The summed E-state index contributed by atoms with van der Waals surface area (Å²) in [6.45, 7) is 5.34. The second-order valence-electron chi connectivity index (χ2n) is 5.78. The molecule has 2 aliphatic rings. The van der Waals surface area contributed by atoms with Crippen molar-refractivity contribution >= 4 is 17.5 Å². The Labute approximate surface area is 125 Å². The lowest BCUT2D eigenvalue weighted by Gasteiger charge is -2.34. The van der Waals surface area contributed by atoms with Crippen molar-refractivity contribution in [2.75, 3.05) is 19.6 Å². The number of rotatable bonds is 3. The van der Waals surface area contributed by atoms with Crippen LogP contribution in [-0.2, 0) is 0 Å². The van der Waals surface area contributed by atoms with E-state index in [4.69, 9.17) is 11.6 Å². The molecule has 1 aromatic rings. The lowest BCUT2D eigenvalue weighted by molar-refractivity contribution is 0.0645. The van der Waals surface area contributed by atoms with Gasteiger partial charge < -0.3 is 9.88 Å². The number of hydrogen-bond donors (Lipinski definition) is 1.